The number of ketones is 3. The molecule has 3 atom stereocenters. The van der Waals surface area contributed by atoms with Crippen LogP contribution < -0.4 is 9.64 Å². The molecular weight excluding hydrogens is 532 g/mol. The van der Waals surface area contributed by atoms with Crippen molar-refractivity contribution in [2.75, 3.05) is 12.0 Å². The van der Waals surface area contributed by atoms with Crippen molar-refractivity contribution in [1.29, 1.82) is 0 Å². The van der Waals surface area contributed by atoms with Crippen LogP contribution in [0.4, 0.5) is 11.4 Å². The van der Waals surface area contributed by atoms with Crippen molar-refractivity contribution in [2.24, 2.45) is 5.41 Å². The fourth-order valence-electron chi connectivity index (χ4n) is 7.04. The number of nitrogens with zero attached hydrogens (tertiary/aromatic N) is 2. The number of carbonyl (C=O) groups excluding carboxylic acids is 3. The van der Waals surface area contributed by atoms with Crippen LogP contribution in [-0.4, -0.2) is 41.5 Å². The van der Waals surface area contributed by atoms with Gasteiger partial charge in [-0.3, -0.25) is 24.5 Å². The zero-order valence-electron chi connectivity index (χ0n) is 22.5. The molecule has 206 valence electrons. The molecule has 0 aromatic heterocycles. The molecule has 3 aliphatic rings. The number of methoxy groups -OCH3 is 1. The molecule has 1 spiro atoms. The van der Waals surface area contributed by atoms with Crippen LogP contribution in [0.5, 0.6) is 5.75 Å². The minimum atomic E-state index is -1.68. The van der Waals surface area contributed by atoms with Crippen molar-refractivity contribution in [1.82, 2.24) is 0 Å². The Labute approximate surface area is 241 Å². The molecule has 0 N–H and O–H groups in total. The molecule has 0 amide bonds. The molecule has 7 rings (SSSR count). The number of fused-ring (bicyclic) bond motifs is 5. The van der Waals surface area contributed by atoms with Gasteiger partial charge in [-0.2, -0.15) is 0 Å². The molecule has 1 unspecified atom stereocenters. The van der Waals surface area contributed by atoms with Crippen LogP contribution in [-0.2, 0) is 0 Å². The van der Waals surface area contributed by atoms with Crippen LogP contribution in [0.3, 0.4) is 0 Å². The summed E-state index contributed by atoms with van der Waals surface area (Å²) in [6.45, 7) is 0. The Morgan fingerprint density at radius 2 is 1.55 bits per heavy atom. The van der Waals surface area contributed by atoms with E-state index >= 15 is 0 Å². The van der Waals surface area contributed by atoms with Crippen molar-refractivity contribution in [3.8, 4) is 5.75 Å². The predicted molar refractivity (Wildman–Crippen MR) is 156 cm³/mol. The summed E-state index contributed by atoms with van der Waals surface area (Å²) < 4.78 is 5.40. The lowest BCUT2D eigenvalue weighted by Gasteiger charge is -2.37. The van der Waals surface area contributed by atoms with Gasteiger partial charge >= 0.3 is 0 Å². The number of nitro groups is 1. The summed E-state index contributed by atoms with van der Waals surface area (Å²) in [5.74, 6) is -1.46. The maximum atomic E-state index is 14.7. The van der Waals surface area contributed by atoms with Gasteiger partial charge in [-0.1, -0.05) is 78.9 Å². The van der Waals surface area contributed by atoms with Crippen molar-refractivity contribution in [3.63, 3.8) is 0 Å². The van der Waals surface area contributed by atoms with E-state index in [0.717, 1.165) is 11.3 Å². The Morgan fingerprint density at radius 1 is 0.881 bits per heavy atom. The fraction of sp³-hybridized carbons (Fsp3) is 0.147. The van der Waals surface area contributed by atoms with E-state index in [1.54, 1.807) is 60.7 Å². The van der Waals surface area contributed by atoms with E-state index in [-0.39, 0.29) is 23.0 Å². The van der Waals surface area contributed by atoms with Gasteiger partial charge in [-0.15, -0.1) is 0 Å². The van der Waals surface area contributed by atoms with Gasteiger partial charge in [0, 0.05) is 40.4 Å². The van der Waals surface area contributed by atoms with Gasteiger partial charge < -0.3 is 9.64 Å². The van der Waals surface area contributed by atoms with Crippen molar-refractivity contribution < 1.29 is 24.0 Å². The summed E-state index contributed by atoms with van der Waals surface area (Å²) in [4.78, 5) is 56.9. The molecule has 8 heteroatoms. The van der Waals surface area contributed by atoms with Gasteiger partial charge in [0.2, 0.25) is 0 Å². The lowest BCUT2D eigenvalue weighted by atomic mass is 9.64. The number of benzene rings is 4. The first-order chi connectivity index (χ1) is 20.4. The zero-order valence-corrected chi connectivity index (χ0v) is 22.5. The first-order valence-electron chi connectivity index (χ1n) is 13.5. The highest BCUT2D eigenvalue weighted by Gasteiger charge is 2.71. The largest absolute Gasteiger partial charge is 0.497 e. The predicted octanol–water partition coefficient (Wildman–Crippen LogP) is 5.92. The molecule has 1 fully saturated rings. The smallest absolute Gasteiger partial charge is 0.269 e. The molecule has 8 nitrogen and oxygen atoms in total. The highest BCUT2D eigenvalue weighted by molar-refractivity contribution is 6.32. The van der Waals surface area contributed by atoms with Crippen molar-refractivity contribution >= 4 is 34.8 Å². The van der Waals surface area contributed by atoms with E-state index in [1.807, 2.05) is 41.3 Å². The van der Waals surface area contributed by atoms with Gasteiger partial charge in [0.1, 0.15) is 17.2 Å². The summed E-state index contributed by atoms with van der Waals surface area (Å²) >= 11 is 0. The maximum absolute atomic E-state index is 14.7. The molecule has 1 saturated heterocycles. The summed E-state index contributed by atoms with van der Waals surface area (Å²) in [6.07, 6.45) is 3.74. The monoisotopic (exact) mass is 556 g/mol. The van der Waals surface area contributed by atoms with Crippen LogP contribution in [0.15, 0.2) is 103 Å². The normalized spacial score (nSPS) is 21.2. The Morgan fingerprint density at radius 3 is 2.21 bits per heavy atom. The molecule has 0 radical (unpaired) electrons. The van der Waals surface area contributed by atoms with E-state index in [9.17, 15) is 24.5 Å². The number of Topliss-reactive ketones (excluding diaryl/α,β-unsaturated/α-hetero) is 3. The third kappa shape index (κ3) is 3.38. The van der Waals surface area contributed by atoms with Crippen molar-refractivity contribution in [3.05, 3.63) is 141 Å². The van der Waals surface area contributed by atoms with E-state index in [1.165, 1.54) is 19.2 Å². The molecule has 42 heavy (non-hydrogen) atoms. The van der Waals surface area contributed by atoms with Crippen molar-refractivity contribution in [2.45, 2.75) is 18.0 Å². The quantitative estimate of drug-likeness (QED) is 0.130. The Kier molecular flexibility index (Phi) is 5.69. The minimum Gasteiger partial charge on any atom is -0.497 e. The Balaban J connectivity index is 1.53. The summed E-state index contributed by atoms with van der Waals surface area (Å²) in [5.41, 5.74) is 1.27. The summed E-state index contributed by atoms with van der Waals surface area (Å²) in [7, 11) is 1.52. The van der Waals surface area contributed by atoms with Crippen LogP contribution in [0.25, 0.3) is 6.08 Å². The number of hydrogen-bond donors (Lipinski definition) is 0. The molecule has 2 aliphatic heterocycles. The average molecular weight is 557 g/mol. The molecule has 4 aromatic carbocycles. The number of nitro benzene ring substituents is 1. The molecule has 1 aliphatic carbocycles. The second-order valence-corrected chi connectivity index (χ2v) is 10.7. The number of anilines is 1. The molecular formula is C34H24N2O6. The SMILES string of the molecule is COc1cccc(C(=O)[C@H]2[C@H](c3ccc([N+](=O)[O-])cc3)C3(C(=O)c4ccccc4C3=O)C3C=Cc4ccccc4N32)c1. The van der Waals surface area contributed by atoms with E-state index in [4.69, 9.17) is 4.74 Å². The Bertz CT molecular complexity index is 1810. The zero-order chi connectivity index (χ0) is 29.2. The summed E-state index contributed by atoms with van der Waals surface area (Å²) in [5, 5.41) is 11.5. The van der Waals surface area contributed by atoms with Crippen LogP contribution >= 0.6 is 0 Å². The molecule has 0 bridgehead atoms. The minimum absolute atomic E-state index is 0.128. The molecule has 0 saturated carbocycles. The van der Waals surface area contributed by atoms with Crippen LogP contribution in [0.1, 0.15) is 48.1 Å². The molecule has 4 aromatic rings. The highest BCUT2D eigenvalue weighted by Crippen LogP contribution is 2.61. The lowest BCUT2D eigenvalue weighted by molar-refractivity contribution is -0.384. The van der Waals surface area contributed by atoms with E-state index in [0.29, 0.717) is 28.0 Å². The van der Waals surface area contributed by atoms with E-state index in [2.05, 4.69) is 0 Å². The van der Waals surface area contributed by atoms with Gasteiger partial charge in [0.15, 0.2) is 17.3 Å². The van der Waals surface area contributed by atoms with Gasteiger partial charge in [0.25, 0.3) is 5.69 Å². The van der Waals surface area contributed by atoms with Gasteiger partial charge in [-0.05, 0) is 29.3 Å². The first kappa shape index (κ1) is 25.6. The third-order valence-electron chi connectivity index (χ3n) is 8.80. The lowest BCUT2D eigenvalue weighted by Crippen LogP contribution is -2.48. The number of hydrogen-bond acceptors (Lipinski definition) is 7. The number of para-hydroxylation sites is 1. The van der Waals surface area contributed by atoms with Gasteiger partial charge in [0.05, 0.1) is 18.1 Å². The number of non-ortho nitro benzene ring substituents is 1. The van der Waals surface area contributed by atoms with Crippen LogP contribution in [0, 0.1) is 15.5 Å². The second-order valence-electron chi connectivity index (χ2n) is 10.7. The highest BCUT2D eigenvalue weighted by atomic mass is 16.6. The molecule has 2 heterocycles. The number of rotatable bonds is 5. The first-order valence-corrected chi connectivity index (χ1v) is 13.5. The van der Waals surface area contributed by atoms with Gasteiger partial charge in [-0.25, -0.2) is 0 Å². The number of ether oxygens (including phenoxy) is 1. The third-order valence-corrected chi connectivity index (χ3v) is 8.80. The fourth-order valence-corrected chi connectivity index (χ4v) is 7.04. The second kappa shape index (κ2) is 9.34. The topological polar surface area (TPSA) is 107 Å². The maximum Gasteiger partial charge on any atom is 0.269 e. The summed E-state index contributed by atoms with van der Waals surface area (Å²) in [6, 6.07) is 25.2. The van der Waals surface area contributed by atoms with E-state index < -0.39 is 28.3 Å². The number of carbonyl (C=O) groups is 3. The Hall–Kier alpha value is -5.37. The standard InChI is InChI=1S/C34H24N2O6/c1-42-24-9-6-8-22(19-24)31(37)30-29(21-13-16-23(17-14-21)36(40)41)34(32(38)25-10-3-4-11-26(25)33(34)39)28-18-15-20-7-2-5-12-27(20)35(28)30/h2-19,28-30H,1H3/t28?,29-,30+/m0/s1. The average Bonchev–Trinajstić information content (AvgIpc) is 3.47. The van der Waals surface area contributed by atoms with Crippen LogP contribution in [0.2, 0.25) is 0 Å².